The van der Waals surface area contributed by atoms with Gasteiger partial charge in [0.15, 0.2) is 0 Å². The highest BCUT2D eigenvalue weighted by Gasteiger charge is 2.25. The number of hydrogen-bond donors (Lipinski definition) is 0. The van der Waals surface area contributed by atoms with Crippen LogP contribution >= 0.6 is 0 Å². The summed E-state index contributed by atoms with van der Waals surface area (Å²) in [5.41, 5.74) is 0. The number of rotatable bonds is 5. The van der Waals surface area contributed by atoms with Crippen LogP contribution in [0, 0.1) is 0 Å². The van der Waals surface area contributed by atoms with Gasteiger partial charge in [-0.1, -0.05) is 6.42 Å². The van der Waals surface area contributed by atoms with E-state index in [0.29, 0.717) is 12.5 Å². The molecule has 104 valence electrons. The third-order valence-electron chi connectivity index (χ3n) is 4.28. The van der Waals surface area contributed by atoms with Crippen molar-refractivity contribution in [2.24, 2.45) is 0 Å². The number of carbonyl (C=O) groups excluding carboxylic acids is 1. The van der Waals surface area contributed by atoms with E-state index in [4.69, 9.17) is 4.74 Å². The summed E-state index contributed by atoms with van der Waals surface area (Å²) in [4.78, 5) is 16.5. The smallest absolute Gasteiger partial charge is 0.307 e. The molecule has 0 bridgehead atoms. The molecule has 0 saturated carbocycles. The SMILES string of the molecule is COC(=O)CC1CCCCN1CCN1CCCC1. The fraction of sp³-hybridized carbons (Fsp3) is 0.929. The Morgan fingerprint density at radius 1 is 1.11 bits per heavy atom. The van der Waals surface area contributed by atoms with Gasteiger partial charge in [-0.05, 0) is 45.3 Å². The largest absolute Gasteiger partial charge is 0.469 e. The normalized spacial score (nSPS) is 26.4. The van der Waals surface area contributed by atoms with Gasteiger partial charge >= 0.3 is 5.97 Å². The van der Waals surface area contributed by atoms with Crippen molar-refractivity contribution in [2.75, 3.05) is 39.8 Å². The fourth-order valence-corrected chi connectivity index (χ4v) is 3.14. The van der Waals surface area contributed by atoms with Crippen molar-refractivity contribution in [3.05, 3.63) is 0 Å². The second-order valence-corrected chi connectivity index (χ2v) is 5.51. The Morgan fingerprint density at radius 3 is 2.56 bits per heavy atom. The van der Waals surface area contributed by atoms with E-state index in [-0.39, 0.29) is 5.97 Å². The van der Waals surface area contributed by atoms with Gasteiger partial charge in [0.1, 0.15) is 0 Å². The van der Waals surface area contributed by atoms with E-state index in [2.05, 4.69) is 9.80 Å². The van der Waals surface area contributed by atoms with Crippen LogP contribution in [0.2, 0.25) is 0 Å². The molecule has 0 amide bonds. The summed E-state index contributed by atoms with van der Waals surface area (Å²) in [6, 6.07) is 0.411. The Kier molecular flexibility index (Phi) is 5.45. The first-order valence-corrected chi connectivity index (χ1v) is 7.33. The molecule has 0 aromatic heterocycles. The molecule has 18 heavy (non-hydrogen) atoms. The molecule has 4 heteroatoms. The highest BCUT2D eigenvalue weighted by molar-refractivity contribution is 5.69. The zero-order valence-corrected chi connectivity index (χ0v) is 11.6. The first-order valence-electron chi connectivity index (χ1n) is 7.33. The van der Waals surface area contributed by atoms with Gasteiger partial charge in [-0.3, -0.25) is 9.69 Å². The van der Waals surface area contributed by atoms with Gasteiger partial charge in [0, 0.05) is 19.1 Å². The number of hydrogen-bond acceptors (Lipinski definition) is 4. The standard InChI is InChI=1S/C14H26N2O2/c1-18-14(17)12-13-6-2-3-9-16(13)11-10-15-7-4-5-8-15/h13H,2-12H2,1H3. The van der Waals surface area contributed by atoms with Crippen LogP contribution < -0.4 is 0 Å². The minimum Gasteiger partial charge on any atom is -0.469 e. The molecule has 0 spiro atoms. The molecular formula is C14H26N2O2. The summed E-state index contributed by atoms with van der Waals surface area (Å²) in [6.07, 6.45) is 6.95. The van der Waals surface area contributed by atoms with Crippen LogP contribution in [-0.2, 0) is 9.53 Å². The predicted molar refractivity (Wildman–Crippen MR) is 71.5 cm³/mol. The number of piperidine rings is 1. The van der Waals surface area contributed by atoms with E-state index in [1.165, 1.54) is 45.9 Å². The maximum atomic E-state index is 11.4. The Morgan fingerprint density at radius 2 is 1.83 bits per heavy atom. The molecule has 0 N–H and O–H groups in total. The van der Waals surface area contributed by atoms with Gasteiger partial charge in [-0.25, -0.2) is 0 Å². The molecule has 0 aromatic carbocycles. The summed E-state index contributed by atoms with van der Waals surface area (Å²) < 4.78 is 4.80. The zero-order valence-electron chi connectivity index (χ0n) is 11.6. The van der Waals surface area contributed by atoms with Crippen molar-refractivity contribution in [3.8, 4) is 0 Å². The lowest BCUT2D eigenvalue weighted by Crippen LogP contribution is -2.44. The summed E-state index contributed by atoms with van der Waals surface area (Å²) in [6.45, 7) is 5.94. The molecule has 1 unspecified atom stereocenters. The van der Waals surface area contributed by atoms with Crippen LogP contribution in [-0.4, -0.2) is 61.6 Å². The number of methoxy groups -OCH3 is 1. The predicted octanol–water partition coefficient (Wildman–Crippen LogP) is 1.50. The molecule has 4 nitrogen and oxygen atoms in total. The van der Waals surface area contributed by atoms with Gasteiger partial charge in [0.05, 0.1) is 13.5 Å². The van der Waals surface area contributed by atoms with Crippen LogP contribution in [0.5, 0.6) is 0 Å². The molecule has 1 atom stereocenters. The van der Waals surface area contributed by atoms with E-state index >= 15 is 0 Å². The number of likely N-dealkylation sites (tertiary alicyclic amines) is 2. The molecule has 0 aliphatic carbocycles. The Labute approximate surface area is 110 Å². The van der Waals surface area contributed by atoms with Crippen LogP contribution in [0.15, 0.2) is 0 Å². The van der Waals surface area contributed by atoms with Crippen LogP contribution in [0.25, 0.3) is 0 Å². The van der Waals surface area contributed by atoms with Gasteiger partial charge in [0.25, 0.3) is 0 Å². The van der Waals surface area contributed by atoms with Gasteiger partial charge in [-0.15, -0.1) is 0 Å². The highest BCUT2D eigenvalue weighted by atomic mass is 16.5. The topological polar surface area (TPSA) is 32.8 Å². The molecule has 2 aliphatic heterocycles. The molecule has 2 rings (SSSR count). The molecule has 0 radical (unpaired) electrons. The van der Waals surface area contributed by atoms with Gasteiger partial charge in [-0.2, -0.15) is 0 Å². The van der Waals surface area contributed by atoms with E-state index < -0.39 is 0 Å². The maximum Gasteiger partial charge on any atom is 0.307 e. The lowest BCUT2D eigenvalue weighted by molar-refractivity contribution is -0.142. The number of esters is 1. The summed E-state index contributed by atoms with van der Waals surface area (Å²) in [5, 5.41) is 0. The first kappa shape index (κ1) is 13.8. The van der Waals surface area contributed by atoms with Crippen LogP contribution in [0.1, 0.15) is 38.5 Å². The van der Waals surface area contributed by atoms with E-state index in [9.17, 15) is 4.79 Å². The molecule has 2 heterocycles. The van der Waals surface area contributed by atoms with Crippen molar-refractivity contribution in [1.82, 2.24) is 9.80 Å². The van der Waals surface area contributed by atoms with Crippen molar-refractivity contribution in [1.29, 1.82) is 0 Å². The summed E-state index contributed by atoms with van der Waals surface area (Å²) in [5.74, 6) is -0.0620. The average Bonchev–Trinajstić information content (AvgIpc) is 2.91. The second kappa shape index (κ2) is 7.10. The Balaban J connectivity index is 1.77. The van der Waals surface area contributed by atoms with E-state index in [0.717, 1.165) is 26.1 Å². The lowest BCUT2D eigenvalue weighted by atomic mass is 9.99. The molecular weight excluding hydrogens is 228 g/mol. The number of carbonyl (C=O) groups is 1. The maximum absolute atomic E-state index is 11.4. The van der Waals surface area contributed by atoms with Crippen LogP contribution in [0.3, 0.4) is 0 Å². The Bertz CT molecular complexity index is 265. The minimum absolute atomic E-state index is 0.0620. The monoisotopic (exact) mass is 254 g/mol. The molecule has 2 fully saturated rings. The zero-order chi connectivity index (χ0) is 12.8. The second-order valence-electron chi connectivity index (χ2n) is 5.51. The Hall–Kier alpha value is -0.610. The van der Waals surface area contributed by atoms with Crippen molar-refractivity contribution >= 4 is 5.97 Å². The molecule has 0 aromatic rings. The van der Waals surface area contributed by atoms with E-state index in [1.807, 2.05) is 0 Å². The third-order valence-corrected chi connectivity index (χ3v) is 4.28. The third kappa shape index (κ3) is 3.95. The molecule has 2 aliphatic rings. The first-order chi connectivity index (χ1) is 8.79. The number of nitrogens with zero attached hydrogens (tertiary/aromatic N) is 2. The quantitative estimate of drug-likeness (QED) is 0.696. The van der Waals surface area contributed by atoms with E-state index in [1.54, 1.807) is 0 Å². The summed E-state index contributed by atoms with van der Waals surface area (Å²) in [7, 11) is 1.49. The van der Waals surface area contributed by atoms with Gasteiger partial charge < -0.3 is 9.64 Å². The summed E-state index contributed by atoms with van der Waals surface area (Å²) >= 11 is 0. The highest BCUT2D eigenvalue weighted by Crippen LogP contribution is 2.20. The van der Waals surface area contributed by atoms with Crippen molar-refractivity contribution in [3.63, 3.8) is 0 Å². The average molecular weight is 254 g/mol. The van der Waals surface area contributed by atoms with Crippen LogP contribution in [0.4, 0.5) is 0 Å². The fourth-order valence-electron chi connectivity index (χ4n) is 3.14. The number of ether oxygens (including phenoxy) is 1. The molecule has 2 saturated heterocycles. The lowest BCUT2D eigenvalue weighted by Gasteiger charge is -2.36. The van der Waals surface area contributed by atoms with Crippen molar-refractivity contribution in [2.45, 2.75) is 44.6 Å². The van der Waals surface area contributed by atoms with Gasteiger partial charge in [0.2, 0.25) is 0 Å². The minimum atomic E-state index is -0.0620. The van der Waals surface area contributed by atoms with Crippen molar-refractivity contribution < 1.29 is 9.53 Å².